The summed E-state index contributed by atoms with van der Waals surface area (Å²) in [4.78, 5) is 37.7. The second-order valence-corrected chi connectivity index (χ2v) is 5.97. The lowest BCUT2D eigenvalue weighted by atomic mass is 10.2. The van der Waals surface area contributed by atoms with Crippen molar-refractivity contribution in [2.45, 2.75) is 0 Å². The van der Waals surface area contributed by atoms with Crippen LogP contribution in [0.4, 0.5) is 5.69 Å². The van der Waals surface area contributed by atoms with Crippen molar-refractivity contribution in [2.24, 2.45) is 0 Å². The fraction of sp³-hybridized carbons (Fsp3) is 0.188. The van der Waals surface area contributed by atoms with Crippen LogP contribution in [-0.2, 0) is 4.74 Å². The highest BCUT2D eigenvalue weighted by molar-refractivity contribution is 7.16. The molecule has 0 spiro atoms. The number of rotatable bonds is 4. The molecule has 1 heterocycles. The van der Waals surface area contributed by atoms with Gasteiger partial charge in [0.2, 0.25) is 0 Å². The van der Waals surface area contributed by atoms with E-state index in [0.717, 1.165) is 11.3 Å². The Kier molecular flexibility index (Phi) is 5.13. The van der Waals surface area contributed by atoms with Crippen LogP contribution in [0.5, 0.6) is 0 Å². The normalized spacial score (nSPS) is 10.0. The Hall–Kier alpha value is -2.67. The molecule has 0 bridgehead atoms. The summed E-state index contributed by atoms with van der Waals surface area (Å²) in [6.45, 7) is 0. The van der Waals surface area contributed by atoms with E-state index in [2.05, 4.69) is 10.1 Å². The Morgan fingerprint density at radius 2 is 1.78 bits per heavy atom. The van der Waals surface area contributed by atoms with Gasteiger partial charge in [-0.1, -0.05) is 6.07 Å². The molecule has 0 aliphatic rings. The smallest absolute Gasteiger partial charge is 0.348 e. The molecule has 0 saturated carbocycles. The van der Waals surface area contributed by atoms with Gasteiger partial charge in [0.1, 0.15) is 4.88 Å². The number of carbonyl (C=O) groups excluding carboxylic acids is 3. The van der Waals surface area contributed by atoms with E-state index in [4.69, 9.17) is 0 Å². The van der Waals surface area contributed by atoms with Crippen LogP contribution in [0.2, 0.25) is 0 Å². The number of methoxy groups -OCH3 is 1. The number of nitrogens with one attached hydrogen (secondary N) is 1. The van der Waals surface area contributed by atoms with E-state index in [1.54, 1.807) is 44.4 Å². The maximum atomic E-state index is 12.2. The number of anilines is 1. The van der Waals surface area contributed by atoms with Crippen LogP contribution < -0.4 is 5.32 Å². The second-order valence-electron chi connectivity index (χ2n) is 4.89. The zero-order valence-corrected chi connectivity index (χ0v) is 13.8. The molecule has 6 nitrogen and oxygen atoms in total. The van der Waals surface area contributed by atoms with Crippen LogP contribution in [0.25, 0.3) is 0 Å². The molecule has 120 valence electrons. The lowest BCUT2D eigenvalue weighted by molar-refractivity contribution is 0.0606. The van der Waals surface area contributed by atoms with Crippen molar-refractivity contribution in [1.29, 1.82) is 0 Å². The van der Waals surface area contributed by atoms with Crippen LogP contribution >= 0.6 is 11.3 Å². The molecular weight excluding hydrogens is 316 g/mol. The number of carbonyl (C=O) groups is 3. The highest BCUT2D eigenvalue weighted by Gasteiger charge is 2.15. The lowest BCUT2D eigenvalue weighted by Gasteiger charge is -2.11. The van der Waals surface area contributed by atoms with E-state index in [0.29, 0.717) is 21.0 Å². The van der Waals surface area contributed by atoms with E-state index < -0.39 is 5.97 Å². The molecule has 1 N–H and O–H groups in total. The quantitative estimate of drug-likeness (QED) is 0.873. The molecule has 0 aliphatic heterocycles. The number of benzene rings is 1. The minimum Gasteiger partial charge on any atom is -0.465 e. The van der Waals surface area contributed by atoms with Crippen molar-refractivity contribution in [3.05, 3.63) is 51.7 Å². The summed E-state index contributed by atoms with van der Waals surface area (Å²) in [5.74, 6) is -0.975. The van der Waals surface area contributed by atoms with E-state index in [1.165, 1.54) is 18.1 Å². The van der Waals surface area contributed by atoms with Crippen molar-refractivity contribution >= 4 is 34.8 Å². The predicted molar refractivity (Wildman–Crippen MR) is 88.1 cm³/mol. The maximum absolute atomic E-state index is 12.2. The van der Waals surface area contributed by atoms with Crippen LogP contribution in [0.1, 0.15) is 29.7 Å². The molecule has 0 unspecified atom stereocenters. The first-order chi connectivity index (χ1) is 10.9. The van der Waals surface area contributed by atoms with E-state index >= 15 is 0 Å². The maximum Gasteiger partial charge on any atom is 0.348 e. The van der Waals surface area contributed by atoms with Gasteiger partial charge >= 0.3 is 5.97 Å². The Bertz CT molecular complexity index is 752. The average molecular weight is 332 g/mol. The van der Waals surface area contributed by atoms with Gasteiger partial charge in [-0.25, -0.2) is 4.79 Å². The lowest BCUT2D eigenvalue weighted by Crippen LogP contribution is -2.21. The Morgan fingerprint density at radius 1 is 1.09 bits per heavy atom. The molecule has 0 saturated heterocycles. The molecule has 2 rings (SSSR count). The van der Waals surface area contributed by atoms with Gasteiger partial charge in [-0.15, -0.1) is 11.3 Å². The van der Waals surface area contributed by atoms with E-state index in [9.17, 15) is 14.4 Å². The minimum absolute atomic E-state index is 0.148. The van der Waals surface area contributed by atoms with Crippen molar-refractivity contribution in [3.63, 3.8) is 0 Å². The average Bonchev–Trinajstić information content (AvgIpc) is 3.03. The third kappa shape index (κ3) is 3.95. The fourth-order valence-corrected chi connectivity index (χ4v) is 2.67. The number of hydrogen-bond acceptors (Lipinski definition) is 5. The van der Waals surface area contributed by atoms with Gasteiger partial charge in [-0.05, 0) is 30.3 Å². The Morgan fingerprint density at radius 3 is 2.43 bits per heavy atom. The molecule has 1 aromatic heterocycles. The Balaban J connectivity index is 2.14. The van der Waals surface area contributed by atoms with Gasteiger partial charge in [0.05, 0.1) is 12.0 Å². The number of nitrogens with zero attached hydrogens (tertiary/aromatic N) is 1. The predicted octanol–water partition coefficient (Wildman–Crippen LogP) is 2.49. The van der Waals surface area contributed by atoms with Gasteiger partial charge in [0, 0.05) is 25.3 Å². The summed E-state index contributed by atoms with van der Waals surface area (Å²) >= 11 is 1.05. The molecule has 1 aromatic carbocycles. The molecule has 7 heteroatoms. The first-order valence-electron chi connectivity index (χ1n) is 6.73. The molecular formula is C16H16N2O4S. The molecule has 2 aromatic rings. The summed E-state index contributed by atoms with van der Waals surface area (Å²) in [6.07, 6.45) is 0. The fourth-order valence-electron chi connectivity index (χ4n) is 1.85. The summed E-state index contributed by atoms with van der Waals surface area (Å²) in [5.41, 5.74) is 0.991. The summed E-state index contributed by atoms with van der Waals surface area (Å²) < 4.78 is 4.61. The molecule has 2 amide bonds. The number of hydrogen-bond donors (Lipinski definition) is 1. The topological polar surface area (TPSA) is 75.7 Å². The zero-order chi connectivity index (χ0) is 17.0. The zero-order valence-electron chi connectivity index (χ0n) is 13.0. The number of amides is 2. The van der Waals surface area contributed by atoms with Crippen molar-refractivity contribution < 1.29 is 19.1 Å². The van der Waals surface area contributed by atoms with Gasteiger partial charge in [-0.3, -0.25) is 9.59 Å². The number of ether oxygens (including phenoxy) is 1. The van der Waals surface area contributed by atoms with E-state index in [1.807, 2.05) is 0 Å². The number of thiophene rings is 1. The largest absolute Gasteiger partial charge is 0.465 e. The van der Waals surface area contributed by atoms with Gasteiger partial charge in [0.25, 0.3) is 11.8 Å². The third-order valence-electron chi connectivity index (χ3n) is 2.99. The van der Waals surface area contributed by atoms with Crippen LogP contribution in [-0.4, -0.2) is 43.9 Å². The van der Waals surface area contributed by atoms with Gasteiger partial charge in [-0.2, -0.15) is 0 Å². The van der Waals surface area contributed by atoms with Crippen molar-refractivity contribution in [3.8, 4) is 0 Å². The molecule has 23 heavy (non-hydrogen) atoms. The molecule has 0 fully saturated rings. The monoisotopic (exact) mass is 332 g/mol. The highest BCUT2D eigenvalue weighted by Crippen LogP contribution is 2.20. The summed E-state index contributed by atoms with van der Waals surface area (Å²) in [5, 5.41) is 2.71. The van der Waals surface area contributed by atoms with Crippen LogP contribution in [0, 0.1) is 0 Å². The molecule has 0 aliphatic carbocycles. The summed E-state index contributed by atoms with van der Waals surface area (Å²) in [7, 11) is 4.61. The van der Waals surface area contributed by atoms with Gasteiger partial charge in [0.15, 0.2) is 0 Å². The van der Waals surface area contributed by atoms with Crippen molar-refractivity contribution in [1.82, 2.24) is 4.90 Å². The number of esters is 1. The Labute approximate surface area is 137 Å². The van der Waals surface area contributed by atoms with E-state index in [-0.39, 0.29) is 11.8 Å². The summed E-state index contributed by atoms with van der Waals surface area (Å²) in [6, 6.07) is 9.77. The van der Waals surface area contributed by atoms with Crippen LogP contribution in [0.3, 0.4) is 0 Å². The standard InChI is InChI=1S/C16H16N2O4S/c1-18(2)15(20)10-5-4-6-11(9-10)17-14(19)12-7-8-13(23-12)16(21)22-3/h4-9H,1-3H3,(H,17,19). The molecule has 0 atom stereocenters. The SMILES string of the molecule is COC(=O)c1ccc(C(=O)Nc2cccc(C(=O)N(C)C)c2)s1. The second kappa shape index (κ2) is 7.06. The minimum atomic E-state index is -0.479. The van der Waals surface area contributed by atoms with Crippen LogP contribution in [0.15, 0.2) is 36.4 Å². The highest BCUT2D eigenvalue weighted by atomic mass is 32.1. The third-order valence-corrected chi connectivity index (χ3v) is 4.05. The van der Waals surface area contributed by atoms with Crippen molar-refractivity contribution in [2.75, 3.05) is 26.5 Å². The first kappa shape index (κ1) is 16.7. The molecule has 0 radical (unpaired) electrons. The first-order valence-corrected chi connectivity index (χ1v) is 7.55. The van der Waals surface area contributed by atoms with Gasteiger partial charge < -0.3 is 15.0 Å².